The van der Waals surface area contributed by atoms with E-state index in [4.69, 9.17) is 4.74 Å². The highest BCUT2D eigenvalue weighted by molar-refractivity contribution is 9.10. The van der Waals surface area contributed by atoms with E-state index >= 15 is 0 Å². The third kappa shape index (κ3) is 5.04. The molecule has 2 amide bonds. The average molecular weight is 501 g/mol. The van der Waals surface area contributed by atoms with Crippen molar-refractivity contribution in [3.05, 3.63) is 69.7 Å². The number of rotatable bonds is 5. The van der Waals surface area contributed by atoms with Gasteiger partial charge in [0.05, 0.1) is 5.69 Å². The van der Waals surface area contributed by atoms with Crippen molar-refractivity contribution in [1.29, 1.82) is 0 Å². The number of aryl methyl sites for hydroxylation is 2. The Morgan fingerprint density at radius 1 is 1.22 bits per heavy atom. The van der Waals surface area contributed by atoms with E-state index in [0.29, 0.717) is 36.7 Å². The van der Waals surface area contributed by atoms with Gasteiger partial charge in [-0.1, -0.05) is 34.7 Å². The van der Waals surface area contributed by atoms with Gasteiger partial charge < -0.3 is 14.5 Å². The molecule has 32 heavy (non-hydrogen) atoms. The third-order valence-corrected chi connectivity index (χ3v) is 5.68. The summed E-state index contributed by atoms with van der Waals surface area (Å²) in [6.45, 7) is 9.78. The zero-order valence-corrected chi connectivity index (χ0v) is 19.9. The number of nitrogens with zero attached hydrogens (tertiary/aromatic N) is 4. The number of aromatic nitrogens is 2. The van der Waals surface area contributed by atoms with Gasteiger partial charge in [0.25, 0.3) is 11.8 Å². The molecule has 168 valence electrons. The zero-order chi connectivity index (χ0) is 23.4. The first-order valence-electron chi connectivity index (χ1n) is 10.2. The zero-order valence-electron chi connectivity index (χ0n) is 18.3. The highest BCUT2D eigenvalue weighted by Gasteiger charge is 2.34. The maximum atomic E-state index is 13.3. The summed E-state index contributed by atoms with van der Waals surface area (Å²) < 4.78 is 5.97. The van der Waals surface area contributed by atoms with Crippen molar-refractivity contribution >= 4 is 33.7 Å². The van der Waals surface area contributed by atoms with Gasteiger partial charge in [0.2, 0.25) is 0 Å². The Bertz CT molecular complexity index is 1070. The van der Waals surface area contributed by atoms with Crippen LogP contribution in [0.1, 0.15) is 49.6 Å². The predicted molar refractivity (Wildman–Crippen MR) is 123 cm³/mol. The normalized spacial score (nSPS) is 15.9. The molecule has 1 unspecified atom stereocenters. The molecule has 0 aliphatic carbocycles. The number of ether oxygens (including phenoxy) is 1. The van der Waals surface area contributed by atoms with Crippen LogP contribution in [0.15, 0.2) is 41.4 Å². The molecule has 0 spiro atoms. The maximum absolute atomic E-state index is 13.3. The Balaban J connectivity index is 1.81. The van der Waals surface area contributed by atoms with Crippen LogP contribution in [0.5, 0.6) is 0 Å². The van der Waals surface area contributed by atoms with Crippen molar-refractivity contribution in [2.45, 2.75) is 26.8 Å². The van der Waals surface area contributed by atoms with Gasteiger partial charge in [-0.3, -0.25) is 9.59 Å². The Hall–Kier alpha value is -3.07. The van der Waals surface area contributed by atoms with Crippen LogP contribution in [0.3, 0.4) is 0 Å². The van der Waals surface area contributed by atoms with Crippen molar-refractivity contribution in [2.75, 3.05) is 26.2 Å². The molecule has 9 heteroatoms. The van der Waals surface area contributed by atoms with Gasteiger partial charge in [-0.25, -0.2) is 14.8 Å². The van der Waals surface area contributed by atoms with E-state index in [2.05, 4.69) is 32.5 Å². The standard InChI is InChI=1S/C23H25BrN4O4/c1-5-11-32-23(31)19-15(3)25-16(4)26-20(19)22(30)27-9-10-28(14(2)13-27)21(29)17-7-6-8-18(24)12-17/h5-8,12,14H,1,9-11,13H2,2-4H3. The lowest BCUT2D eigenvalue weighted by molar-refractivity contribution is 0.0406. The molecule has 1 saturated heterocycles. The second kappa shape index (κ2) is 10.0. The largest absolute Gasteiger partial charge is 0.458 e. The average Bonchev–Trinajstić information content (AvgIpc) is 2.75. The summed E-state index contributed by atoms with van der Waals surface area (Å²) in [5, 5.41) is 0. The number of piperazine rings is 1. The first-order valence-corrected chi connectivity index (χ1v) is 11.0. The molecule has 0 radical (unpaired) electrons. The van der Waals surface area contributed by atoms with Crippen LogP contribution in [0.25, 0.3) is 0 Å². The van der Waals surface area contributed by atoms with Crippen LogP contribution < -0.4 is 0 Å². The minimum absolute atomic E-state index is 0.0167. The molecular weight excluding hydrogens is 476 g/mol. The number of halogens is 1. The number of hydrogen-bond donors (Lipinski definition) is 0. The summed E-state index contributed by atoms with van der Waals surface area (Å²) in [6.07, 6.45) is 1.45. The highest BCUT2D eigenvalue weighted by atomic mass is 79.9. The van der Waals surface area contributed by atoms with Gasteiger partial charge in [-0.05, 0) is 39.0 Å². The summed E-state index contributed by atoms with van der Waals surface area (Å²) >= 11 is 3.39. The molecule has 1 atom stereocenters. The first kappa shape index (κ1) is 23.6. The lowest BCUT2D eigenvalue weighted by atomic mass is 10.1. The second-order valence-corrected chi connectivity index (χ2v) is 8.49. The SMILES string of the molecule is C=CCOC(=O)c1c(C)nc(C)nc1C(=O)N1CCN(C(=O)c2cccc(Br)c2)C(C)C1. The molecule has 2 aromatic rings. The van der Waals surface area contributed by atoms with Gasteiger partial charge in [-0.2, -0.15) is 0 Å². The van der Waals surface area contributed by atoms with Crippen molar-refractivity contribution in [2.24, 2.45) is 0 Å². The lowest BCUT2D eigenvalue weighted by Gasteiger charge is -2.40. The van der Waals surface area contributed by atoms with Crippen LogP contribution in [-0.4, -0.2) is 69.8 Å². The van der Waals surface area contributed by atoms with E-state index in [-0.39, 0.29) is 35.7 Å². The molecule has 2 heterocycles. The van der Waals surface area contributed by atoms with E-state index < -0.39 is 5.97 Å². The Morgan fingerprint density at radius 3 is 2.62 bits per heavy atom. The van der Waals surface area contributed by atoms with Gasteiger partial charge >= 0.3 is 5.97 Å². The van der Waals surface area contributed by atoms with Gasteiger partial charge in [-0.15, -0.1) is 0 Å². The van der Waals surface area contributed by atoms with Crippen molar-refractivity contribution in [3.63, 3.8) is 0 Å². The van der Waals surface area contributed by atoms with Crippen LogP contribution in [0, 0.1) is 13.8 Å². The number of carbonyl (C=O) groups excluding carboxylic acids is 3. The maximum Gasteiger partial charge on any atom is 0.342 e. The van der Waals surface area contributed by atoms with Gasteiger partial charge in [0.1, 0.15) is 23.7 Å². The van der Waals surface area contributed by atoms with Gasteiger partial charge in [0, 0.05) is 35.7 Å². The Kier molecular flexibility index (Phi) is 7.40. The summed E-state index contributed by atoms with van der Waals surface area (Å²) in [6, 6.07) is 7.01. The summed E-state index contributed by atoms with van der Waals surface area (Å²) in [7, 11) is 0. The molecule has 8 nitrogen and oxygen atoms in total. The molecule has 1 aliphatic heterocycles. The van der Waals surface area contributed by atoms with Crippen molar-refractivity contribution < 1.29 is 19.1 Å². The first-order chi connectivity index (χ1) is 15.2. The molecule has 0 saturated carbocycles. The number of amides is 2. The minimum atomic E-state index is -0.665. The second-order valence-electron chi connectivity index (χ2n) is 7.58. The number of benzene rings is 1. The fraction of sp³-hybridized carbons (Fsp3) is 0.348. The molecular formula is C23H25BrN4O4. The van der Waals surface area contributed by atoms with Gasteiger partial charge in [0.15, 0.2) is 0 Å². The Labute approximate surface area is 195 Å². The Morgan fingerprint density at radius 2 is 1.97 bits per heavy atom. The van der Waals surface area contributed by atoms with E-state index in [0.717, 1.165) is 4.47 Å². The van der Waals surface area contributed by atoms with Crippen molar-refractivity contribution in [3.8, 4) is 0 Å². The highest BCUT2D eigenvalue weighted by Crippen LogP contribution is 2.20. The lowest BCUT2D eigenvalue weighted by Crippen LogP contribution is -2.55. The quantitative estimate of drug-likeness (QED) is 0.462. The predicted octanol–water partition coefficient (Wildman–Crippen LogP) is 3.19. The molecule has 1 fully saturated rings. The molecule has 1 aromatic heterocycles. The molecule has 0 bridgehead atoms. The molecule has 1 aliphatic rings. The van der Waals surface area contributed by atoms with Crippen LogP contribution in [0.2, 0.25) is 0 Å². The van der Waals surface area contributed by atoms with Crippen molar-refractivity contribution in [1.82, 2.24) is 19.8 Å². The molecule has 1 aromatic carbocycles. The van der Waals surface area contributed by atoms with E-state index in [1.54, 1.807) is 35.8 Å². The fourth-order valence-electron chi connectivity index (χ4n) is 3.70. The van der Waals surface area contributed by atoms with E-state index in [9.17, 15) is 14.4 Å². The number of carbonyl (C=O) groups is 3. The monoisotopic (exact) mass is 500 g/mol. The van der Waals surface area contributed by atoms with Crippen LogP contribution in [-0.2, 0) is 4.74 Å². The smallest absolute Gasteiger partial charge is 0.342 e. The van der Waals surface area contributed by atoms with E-state index in [1.165, 1.54) is 6.08 Å². The minimum Gasteiger partial charge on any atom is -0.458 e. The third-order valence-electron chi connectivity index (χ3n) is 5.19. The fourth-order valence-corrected chi connectivity index (χ4v) is 4.10. The summed E-state index contributed by atoms with van der Waals surface area (Å²) in [4.78, 5) is 50.7. The van der Waals surface area contributed by atoms with E-state index in [1.807, 2.05) is 19.1 Å². The topological polar surface area (TPSA) is 92.7 Å². The van der Waals surface area contributed by atoms with Crippen LogP contribution >= 0.6 is 15.9 Å². The molecule has 0 N–H and O–H groups in total. The van der Waals surface area contributed by atoms with Crippen LogP contribution in [0.4, 0.5) is 0 Å². The number of esters is 1. The summed E-state index contributed by atoms with van der Waals surface area (Å²) in [5.74, 6) is -0.747. The number of hydrogen-bond acceptors (Lipinski definition) is 6. The molecule has 3 rings (SSSR count). The summed E-state index contributed by atoms with van der Waals surface area (Å²) in [5.41, 5.74) is 1.04.